The highest BCUT2D eigenvalue weighted by Gasteiger charge is 2.55. The fourth-order valence-electron chi connectivity index (χ4n) is 4.44. The molecule has 0 N–H and O–H groups in total. The maximum absolute atomic E-state index is 14.2. The lowest BCUT2D eigenvalue weighted by Gasteiger charge is -2.31. The highest BCUT2D eigenvalue weighted by molar-refractivity contribution is 8.10. The summed E-state index contributed by atoms with van der Waals surface area (Å²) < 4.78 is 68.2. The van der Waals surface area contributed by atoms with E-state index in [1.54, 1.807) is 30.3 Å². The molecule has 0 saturated heterocycles. The number of hydrogen-bond donors (Lipinski definition) is 0. The third kappa shape index (κ3) is 6.39. The van der Waals surface area contributed by atoms with Gasteiger partial charge in [-0.15, -0.1) is 12.3 Å². The van der Waals surface area contributed by atoms with Crippen LogP contribution in [0.3, 0.4) is 0 Å². The van der Waals surface area contributed by atoms with Gasteiger partial charge in [0.05, 0.1) is 20.6 Å². The Balaban J connectivity index is 1.88. The topological polar surface area (TPSA) is 85.3 Å². The Morgan fingerprint density at radius 2 is 1.24 bits per heavy atom. The third-order valence-electron chi connectivity index (χ3n) is 6.73. The molecule has 0 saturated carbocycles. The number of benzene rings is 4. The minimum absolute atomic E-state index is 0.156. The quantitative estimate of drug-likeness (QED) is 0.138. The summed E-state index contributed by atoms with van der Waals surface area (Å²) in [5.41, 5.74) is 1.79. The van der Waals surface area contributed by atoms with Crippen LogP contribution in [0.15, 0.2) is 147 Å². The van der Waals surface area contributed by atoms with Crippen molar-refractivity contribution in [2.45, 2.75) is 38.5 Å². The van der Waals surface area contributed by atoms with Crippen molar-refractivity contribution in [2.24, 2.45) is 0 Å². The molecule has 0 spiro atoms. The summed E-state index contributed by atoms with van der Waals surface area (Å²) in [4.78, 5) is 0.609. The SMILES string of the molecule is C#CCC(C/C=C/C(=C/c1ccccc1)S(=O)c1ccc(C)cc1)(S(=O)(=O)c1ccccc1)S(=O)(=O)c1ccccc1. The molecule has 0 radical (unpaired) electrons. The lowest BCUT2D eigenvalue weighted by Crippen LogP contribution is -2.46. The number of hydrogen-bond acceptors (Lipinski definition) is 5. The van der Waals surface area contributed by atoms with Gasteiger partial charge in [-0.1, -0.05) is 90.5 Å². The summed E-state index contributed by atoms with van der Waals surface area (Å²) in [6, 6.07) is 31.4. The largest absolute Gasteiger partial charge is 0.249 e. The highest BCUT2D eigenvalue weighted by atomic mass is 32.3. The first kappa shape index (κ1) is 30.9. The van der Waals surface area contributed by atoms with E-state index in [1.807, 2.05) is 49.4 Å². The van der Waals surface area contributed by atoms with Gasteiger partial charge in [0, 0.05) is 22.6 Å². The van der Waals surface area contributed by atoms with Gasteiger partial charge in [-0.05, 0) is 61.0 Å². The van der Waals surface area contributed by atoms with E-state index in [1.165, 1.54) is 60.7 Å². The van der Waals surface area contributed by atoms with Crippen molar-refractivity contribution in [3.05, 3.63) is 143 Å². The molecule has 4 aromatic carbocycles. The summed E-state index contributed by atoms with van der Waals surface area (Å²) >= 11 is 0. The molecule has 42 heavy (non-hydrogen) atoms. The Labute approximate surface area is 250 Å². The highest BCUT2D eigenvalue weighted by Crippen LogP contribution is 2.41. The molecule has 4 aromatic rings. The van der Waals surface area contributed by atoms with Gasteiger partial charge in [-0.25, -0.2) is 21.0 Å². The Morgan fingerprint density at radius 1 is 0.762 bits per heavy atom. The predicted molar refractivity (Wildman–Crippen MR) is 169 cm³/mol. The summed E-state index contributed by atoms with van der Waals surface area (Å²) in [6.07, 6.45) is 9.30. The predicted octanol–water partition coefficient (Wildman–Crippen LogP) is 6.76. The van der Waals surface area contributed by atoms with E-state index >= 15 is 0 Å². The number of sulfone groups is 2. The summed E-state index contributed by atoms with van der Waals surface area (Å²) in [6.45, 7) is 1.93. The van der Waals surface area contributed by atoms with Crippen molar-refractivity contribution in [3.8, 4) is 12.3 Å². The second-order valence-electron chi connectivity index (χ2n) is 9.57. The van der Waals surface area contributed by atoms with Crippen LogP contribution in [0.2, 0.25) is 0 Å². The maximum atomic E-state index is 14.2. The van der Waals surface area contributed by atoms with Crippen LogP contribution in [-0.2, 0) is 30.5 Å². The molecule has 1 atom stereocenters. The fraction of sp³-hybridized carbons (Fsp3) is 0.118. The maximum Gasteiger partial charge on any atom is 0.200 e. The molecule has 4 rings (SSSR count). The van der Waals surface area contributed by atoms with E-state index in [0.29, 0.717) is 9.80 Å². The zero-order chi connectivity index (χ0) is 30.2. The average molecular weight is 615 g/mol. The Kier molecular flexibility index (Phi) is 9.79. The Bertz CT molecular complexity index is 1780. The summed E-state index contributed by atoms with van der Waals surface area (Å²) in [5.74, 6) is 2.33. The molecule has 1 unspecified atom stereocenters. The first-order valence-corrected chi connectivity index (χ1v) is 17.2. The molecular formula is C34H30O5S3. The second-order valence-corrected chi connectivity index (χ2v) is 15.8. The Hall–Kier alpha value is -4.03. The van der Waals surface area contributed by atoms with Crippen molar-refractivity contribution >= 4 is 36.6 Å². The van der Waals surface area contributed by atoms with Gasteiger partial charge >= 0.3 is 0 Å². The molecule has 8 heteroatoms. The van der Waals surface area contributed by atoms with Crippen molar-refractivity contribution in [2.75, 3.05) is 0 Å². The van der Waals surface area contributed by atoms with Crippen molar-refractivity contribution in [1.82, 2.24) is 0 Å². The van der Waals surface area contributed by atoms with Gasteiger partial charge < -0.3 is 0 Å². The Morgan fingerprint density at radius 3 is 1.71 bits per heavy atom. The van der Waals surface area contributed by atoms with Crippen LogP contribution < -0.4 is 0 Å². The zero-order valence-electron chi connectivity index (χ0n) is 23.0. The zero-order valence-corrected chi connectivity index (χ0v) is 25.4. The first-order valence-electron chi connectivity index (χ1n) is 13.1. The minimum Gasteiger partial charge on any atom is -0.249 e. The van der Waals surface area contributed by atoms with E-state index in [0.717, 1.165) is 11.1 Å². The molecule has 0 aliphatic heterocycles. The lowest BCUT2D eigenvalue weighted by molar-refractivity contribution is 0.539. The van der Waals surface area contributed by atoms with E-state index in [-0.39, 0.29) is 9.79 Å². The van der Waals surface area contributed by atoms with Crippen LogP contribution in [0, 0.1) is 19.3 Å². The van der Waals surface area contributed by atoms with Gasteiger partial charge in [-0.2, -0.15) is 0 Å². The number of terminal acetylenes is 1. The number of aryl methyl sites for hydroxylation is 1. The standard InChI is InChI=1S/C34H30O5S3/c1-3-25-34(41(36,37)32-17-9-5-10-18-32,42(38,39)33-19-11-6-12-20-33)26-13-16-31(27-29-14-7-4-8-15-29)40(35)30-23-21-28(2)22-24-30/h1,4-24,27H,25-26H2,2H3/b16-13+,31-27-. The van der Waals surface area contributed by atoms with Gasteiger partial charge in [-0.3, -0.25) is 0 Å². The van der Waals surface area contributed by atoms with Crippen LogP contribution in [0.4, 0.5) is 0 Å². The van der Waals surface area contributed by atoms with Crippen LogP contribution in [0.5, 0.6) is 0 Å². The van der Waals surface area contributed by atoms with E-state index in [2.05, 4.69) is 5.92 Å². The second kappa shape index (κ2) is 13.3. The fourth-order valence-corrected chi connectivity index (χ4v) is 10.4. The van der Waals surface area contributed by atoms with Crippen molar-refractivity contribution < 1.29 is 21.0 Å². The lowest BCUT2D eigenvalue weighted by atomic mass is 10.2. The first-order chi connectivity index (χ1) is 20.1. The monoisotopic (exact) mass is 614 g/mol. The van der Waals surface area contributed by atoms with Gasteiger partial charge in [0.25, 0.3) is 0 Å². The minimum atomic E-state index is -4.54. The molecule has 5 nitrogen and oxygen atoms in total. The molecule has 0 bridgehead atoms. The van der Waals surface area contributed by atoms with E-state index < -0.39 is 47.4 Å². The number of allylic oxidation sites excluding steroid dienone is 2. The van der Waals surface area contributed by atoms with Crippen LogP contribution in [0.25, 0.3) is 6.08 Å². The molecule has 0 aromatic heterocycles. The normalized spacial score (nSPS) is 13.5. The molecule has 0 heterocycles. The summed E-state index contributed by atoms with van der Waals surface area (Å²) in [5, 5.41) is 0. The summed E-state index contributed by atoms with van der Waals surface area (Å²) in [7, 11) is -10.7. The van der Waals surface area contributed by atoms with Gasteiger partial charge in [0.2, 0.25) is 0 Å². The third-order valence-corrected chi connectivity index (χ3v) is 13.8. The smallest absolute Gasteiger partial charge is 0.200 e. The number of rotatable bonds is 11. The van der Waals surface area contributed by atoms with Gasteiger partial charge in [0.1, 0.15) is 0 Å². The molecule has 214 valence electrons. The molecular weight excluding hydrogens is 585 g/mol. The van der Waals surface area contributed by atoms with Crippen molar-refractivity contribution in [1.29, 1.82) is 0 Å². The van der Waals surface area contributed by atoms with E-state index in [9.17, 15) is 21.0 Å². The molecule has 0 amide bonds. The molecule has 0 aliphatic carbocycles. The molecule has 0 fully saturated rings. The van der Waals surface area contributed by atoms with Crippen LogP contribution >= 0.6 is 0 Å². The average Bonchev–Trinajstić information content (AvgIpc) is 3.01. The molecule has 0 aliphatic rings. The van der Waals surface area contributed by atoms with Crippen LogP contribution in [0.1, 0.15) is 24.0 Å². The van der Waals surface area contributed by atoms with Crippen LogP contribution in [-0.4, -0.2) is 25.1 Å². The van der Waals surface area contributed by atoms with Crippen molar-refractivity contribution in [3.63, 3.8) is 0 Å². The van der Waals surface area contributed by atoms with Gasteiger partial charge in [0.15, 0.2) is 23.8 Å². The van der Waals surface area contributed by atoms with E-state index in [4.69, 9.17) is 6.42 Å².